The third-order valence-electron chi connectivity index (χ3n) is 5.77. The first-order valence-electron chi connectivity index (χ1n) is 11.4. The number of carboxylic acids is 1. The van der Waals surface area contributed by atoms with Gasteiger partial charge in [-0.3, -0.25) is 9.78 Å². The molecule has 6 nitrogen and oxygen atoms in total. The van der Waals surface area contributed by atoms with E-state index in [2.05, 4.69) is 35.4 Å². The van der Waals surface area contributed by atoms with E-state index < -0.39 is 5.97 Å². The smallest absolute Gasteiger partial charge is 0.303 e. The molecule has 2 heterocycles. The summed E-state index contributed by atoms with van der Waals surface area (Å²) in [7, 11) is 0. The van der Waals surface area contributed by atoms with Crippen LogP contribution in [0, 0.1) is 0 Å². The number of carboxylic acid groups (broad SMARTS) is 1. The molecule has 0 unspecified atom stereocenters. The van der Waals surface area contributed by atoms with Crippen LogP contribution in [0.4, 0.5) is 0 Å². The van der Waals surface area contributed by atoms with Gasteiger partial charge in [-0.1, -0.05) is 35.9 Å². The number of nitrogens with zero attached hydrogens (tertiary/aromatic N) is 3. The quantitative estimate of drug-likeness (QED) is 0.274. The zero-order chi connectivity index (χ0) is 23.9. The number of fused-ring (bicyclic) bond motifs is 1. The molecule has 0 spiro atoms. The minimum atomic E-state index is -0.778. The lowest BCUT2D eigenvalue weighted by Gasteiger charge is -2.15. The van der Waals surface area contributed by atoms with Crippen molar-refractivity contribution in [3.63, 3.8) is 0 Å². The van der Waals surface area contributed by atoms with Crippen molar-refractivity contribution in [2.24, 2.45) is 0 Å². The van der Waals surface area contributed by atoms with Gasteiger partial charge in [0, 0.05) is 42.0 Å². The maximum atomic E-state index is 10.9. The van der Waals surface area contributed by atoms with Gasteiger partial charge in [-0.25, -0.2) is 9.97 Å². The predicted octanol–water partition coefficient (Wildman–Crippen LogP) is 5.99. The van der Waals surface area contributed by atoms with Crippen LogP contribution in [0.5, 0.6) is 0 Å². The topological polar surface area (TPSA) is 88.0 Å². The molecule has 4 aromatic rings. The zero-order valence-electron chi connectivity index (χ0n) is 19.0. The van der Waals surface area contributed by atoms with Gasteiger partial charge in [0.2, 0.25) is 0 Å². The van der Waals surface area contributed by atoms with E-state index in [0.29, 0.717) is 24.4 Å². The van der Waals surface area contributed by atoms with E-state index in [1.807, 2.05) is 42.6 Å². The fraction of sp³-hybridized carbons (Fsp3) is 0.259. The van der Waals surface area contributed by atoms with Gasteiger partial charge >= 0.3 is 5.97 Å². The van der Waals surface area contributed by atoms with E-state index in [9.17, 15) is 4.79 Å². The lowest BCUT2D eigenvalue weighted by atomic mass is 10.0. The number of aliphatic carboxylic acids is 1. The molecule has 2 N–H and O–H groups in total. The highest BCUT2D eigenvalue weighted by Crippen LogP contribution is 2.27. The molecular formula is C27H27ClN4O2. The summed E-state index contributed by atoms with van der Waals surface area (Å²) in [6.07, 6.45) is 5.80. The average Bonchev–Trinajstić information content (AvgIpc) is 2.85. The number of hydrogen-bond acceptors (Lipinski definition) is 5. The summed E-state index contributed by atoms with van der Waals surface area (Å²) in [4.78, 5) is 25.0. The Morgan fingerprint density at radius 2 is 1.88 bits per heavy atom. The summed E-state index contributed by atoms with van der Waals surface area (Å²) >= 11 is 6.07. The van der Waals surface area contributed by atoms with Gasteiger partial charge in [0.05, 0.1) is 22.4 Å². The highest BCUT2D eigenvalue weighted by molar-refractivity contribution is 6.30. The van der Waals surface area contributed by atoms with Gasteiger partial charge in [-0.05, 0) is 67.6 Å². The van der Waals surface area contributed by atoms with E-state index in [0.717, 1.165) is 45.5 Å². The molecule has 0 saturated carbocycles. The lowest BCUT2D eigenvalue weighted by molar-refractivity contribution is -0.137. The number of rotatable bonds is 10. The standard InChI is InChI=1S/C27H27ClN4O2/c1-18(21-5-4-14-29-17-21)30-16-19-8-13-23-25(15-19)31-24(6-2-3-7-26(33)34)27(32-23)20-9-11-22(28)12-10-20/h4-5,8-15,17-18,30H,2-3,6-7,16H2,1H3,(H,33,34)/t18-/m0/s1. The first-order valence-corrected chi connectivity index (χ1v) is 11.8. The molecule has 0 radical (unpaired) electrons. The van der Waals surface area contributed by atoms with Gasteiger partial charge in [-0.15, -0.1) is 0 Å². The normalized spacial score (nSPS) is 12.1. The number of nitrogens with one attached hydrogen (secondary N) is 1. The Balaban J connectivity index is 1.58. The number of benzene rings is 2. The van der Waals surface area contributed by atoms with Crippen LogP contribution in [0.1, 0.15) is 49.0 Å². The molecule has 7 heteroatoms. The molecule has 2 aromatic heterocycles. The Hall–Kier alpha value is -3.35. The largest absolute Gasteiger partial charge is 0.481 e. The van der Waals surface area contributed by atoms with Crippen molar-refractivity contribution >= 4 is 28.6 Å². The van der Waals surface area contributed by atoms with E-state index in [1.165, 1.54) is 0 Å². The molecular weight excluding hydrogens is 448 g/mol. The maximum absolute atomic E-state index is 10.9. The number of hydrogen-bond donors (Lipinski definition) is 2. The molecule has 0 amide bonds. The molecule has 0 bridgehead atoms. The van der Waals surface area contributed by atoms with Crippen molar-refractivity contribution in [2.45, 2.75) is 45.2 Å². The van der Waals surface area contributed by atoms with Gasteiger partial charge in [0.15, 0.2) is 0 Å². The predicted molar refractivity (Wildman–Crippen MR) is 135 cm³/mol. The zero-order valence-corrected chi connectivity index (χ0v) is 19.8. The van der Waals surface area contributed by atoms with E-state index >= 15 is 0 Å². The number of halogens is 1. The van der Waals surface area contributed by atoms with Crippen LogP contribution in [0.2, 0.25) is 5.02 Å². The molecule has 4 rings (SSSR count). The van der Waals surface area contributed by atoms with Crippen molar-refractivity contribution < 1.29 is 9.90 Å². The van der Waals surface area contributed by atoms with E-state index in [4.69, 9.17) is 26.7 Å². The Morgan fingerprint density at radius 1 is 1.06 bits per heavy atom. The summed E-state index contributed by atoms with van der Waals surface area (Å²) in [6.45, 7) is 2.81. The molecule has 0 aliphatic carbocycles. The SMILES string of the molecule is C[C@H](NCc1ccc2nc(-c3ccc(Cl)cc3)c(CCCCC(=O)O)nc2c1)c1cccnc1. The second-order valence-corrected chi connectivity index (χ2v) is 8.78. The molecule has 0 aliphatic rings. The fourth-order valence-electron chi connectivity index (χ4n) is 3.85. The Kier molecular flexibility index (Phi) is 7.83. The molecule has 174 valence electrons. The minimum absolute atomic E-state index is 0.155. The van der Waals surface area contributed by atoms with Crippen LogP contribution < -0.4 is 5.32 Å². The van der Waals surface area contributed by atoms with Crippen LogP contribution in [-0.4, -0.2) is 26.0 Å². The average molecular weight is 475 g/mol. The second-order valence-electron chi connectivity index (χ2n) is 8.34. The van der Waals surface area contributed by atoms with Crippen LogP contribution >= 0.6 is 11.6 Å². The summed E-state index contributed by atoms with van der Waals surface area (Å²) in [5, 5.41) is 13.2. The summed E-state index contributed by atoms with van der Waals surface area (Å²) in [6, 6.07) is 17.9. The van der Waals surface area contributed by atoms with Gasteiger partial charge in [0.25, 0.3) is 0 Å². The molecule has 2 aromatic carbocycles. The summed E-state index contributed by atoms with van der Waals surface area (Å²) in [5.41, 5.74) is 6.54. The van der Waals surface area contributed by atoms with Gasteiger partial charge in [-0.2, -0.15) is 0 Å². The molecule has 0 saturated heterocycles. The lowest BCUT2D eigenvalue weighted by Crippen LogP contribution is -2.18. The first-order chi connectivity index (χ1) is 16.5. The van der Waals surface area contributed by atoms with Crippen LogP contribution in [-0.2, 0) is 17.8 Å². The van der Waals surface area contributed by atoms with Crippen molar-refractivity contribution in [2.75, 3.05) is 0 Å². The monoisotopic (exact) mass is 474 g/mol. The first kappa shape index (κ1) is 23.8. The Morgan fingerprint density at radius 3 is 2.62 bits per heavy atom. The maximum Gasteiger partial charge on any atom is 0.303 e. The van der Waals surface area contributed by atoms with Crippen LogP contribution in [0.15, 0.2) is 67.0 Å². The van der Waals surface area contributed by atoms with Crippen LogP contribution in [0.25, 0.3) is 22.3 Å². The summed E-state index contributed by atoms with van der Waals surface area (Å²) < 4.78 is 0. The van der Waals surface area contributed by atoms with Gasteiger partial charge in [0.1, 0.15) is 0 Å². The number of aryl methyl sites for hydroxylation is 1. The number of aromatic nitrogens is 3. The number of carbonyl (C=O) groups is 1. The van der Waals surface area contributed by atoms with Crippen molar-refractivity contribution in [3.8, 4) is 11.3 Å². The molecule has 0 fully saturated rings. The van der Waals surface area contributed by atoms with E-state index in [1.54, 1.807) is 6.20 Å². The number of unbranched alkanes of at least 4 members (excludes halogenated alkanes) is 1. The number of pyridine rings is 1. The van der Waals surface area contributed by atoms with Crippen molar-refractivity contribution in [3.05, 3.63) is 88.8 Å². The Bertz CT molecular complexity index is 1260. The van der Waals surface area contributed by atoms with Crippen molar-refractivity contribution in [1.82, 2.24) is 20.3 Å². The molecule has 1 atom stereocenters. The third-order valence-corrected chi connectivity index (χ3v) is 6.02. The fourth-order valence-corrected chi connectivity index (χ4v) is 3.98. The van der Waals surface area contributed by atoms with E-state index in [-0.39, 0.29) is 12.5 Å². The third kappa shape index (κ3) is 6.16. The minimum Gasteiger partial charge on any atom is -0.481 e. The van der Waals surface area contributed by atoms with Gasteiger partial charge < -0.3 is 10.4 Å². The molecule has 0 aliphatic heterocycles. The Labute approximate surface area is 204 Å². The van der Waals surface area contributed by atoms with Crippen LogP contribution in [0.3, 0.4) is 0 Å². The molecule has 34 heavy (non-hydrogen) atoms. The highest BCUT2D eigenvalue weighted by Gasteiger charge is 2.13. The highest BCUT2D eigenvalue weighted by atomic mass is 35.5. The second kappa shape index (κ2) is 11.2. The van der Waals surface area contributed by atoms with Crippen molar-refractivity contribution in [1.29, 1.82) is 0 Å². The summed E-state index contributed by atoms with van der Waals surface area (Å²) in [5.74, 6) is -0.778.